The molecule has 40 heavy (non-hydrogen) atoms. The summed E-state index contributed by atoms with van der Waals surface area (Å²) in [5.41, 5.74) is 1.74. The molecular weight excluding hydrogens is 607 g/mol. The second-order valence-corrected chi connectivity index (χ2v) is 11.6. The van der Waals surface area contributed by atoms with Gasteiger partial charge in [-0.15, -0.1) is 24.8 Å². The molecule has 0 aromatic heterocycles. The Morgan fingerprint density at radius 1 is 1.07 bits per heavy atom. The Morgan fingerprint density at radius 2 is 1.70 bits per heavy atom. The van der Waals surface area contributed by atoms with Crippen LogP contribution in [-0.4, -0.2) is 106 Å². The molecule has 0 atom stereocenters. The van der Waals surface area contributed by atoms with Crippen LogP contribution in [0, 0.1) is 5.82 Å². The first-order valence-electron chi connectivity index (χ1n) is 12.3. The maximum Gasteiger partial charge on any atom is 0.389 e. The van der Waals surface area contributed by atoms with Crippen LogP contribution in [0.25, 0.3) is 0 Å². The number of benzene rings is 1. The molecule has 0 spiro atoms. The largest absolute Gasteiger partial charge is 0.493 e. The lowest BCUT2D eigenvalue weighted by Gasteiger charge is -2.44. The molecule has 0 saturated carbocycles. The minimum absolute atomic E-state index is 0. The molecule has 0 bridgehead atoms. The van der Waals surface area contributed by atoms with Gasteiger partial charge in [0.1, 0.15) is 11.6 Å². The Labute approximate surface area is 243 Å². The summed E-state index contributed by atoms with van der Waals surface area (Å²) >= 11 is 0. The van der Waals surface area contributed by atoms with Crippen LogP contribution in [0.15, 0.2) is 18.2 Å². The van der Waals surface area contributed by atoms with Crippen molar-refractivity contribution in [2.45, 2.75) is 36.6 Å². The van der Waals surface area contributed by atoms with E-state index in [-0.39, 0.29) is 88.3 Å². The summed E-state index contributed by atoms with van der Waals surface area (Å²) in [4.78, 5) is 16.3. The fourth-order valence-corrected chi connectivity index (χ4v) is 6.89. The highest BCUT2D eigenvalue weighted by Crippen LogP contribution is 2.35. The average Bonchev–Trinajstić information content (AvgIpc) is 2.89. The van der Waals surface area contributed by atoms with Crippen molar-refractivity contribution in [2.75, 3.05) is 71.0 Å². The predicted molar refractivity (Wildman–Crippen MR) is 145 cm³/mol. The number of nitrogens with zero attached hydrogens (tertiary/aromatic N) is 3. The standard InChI is InChI=1S/C23H34F4N4O6S.2ClH/c1-36-16-14-29-8-6-22(7-9-29,21(32)28-33)38(34,35)31-12-10-30(11-13-31)20-4-3-18(17-19(20)24)37-15-2-5-23(25,26)27;;/h3-4,17,33H,2,5-16H2,1H3,(H,28,32);2*1H. The lowest BCUT2D eigenvalue weighted by molar-refractivity contribution is -0.136. The third kappa shape index (κ3) is 8.69. The molecule has 3 rings (SSSR count). The number of methoxy groups -OCH3 is 1. The molecule has 2 heterocycles. The molecule has 0 aliphatic carbocycles. The van der Waals surface area contributed by atoms with E-state index in [1.165, 1.54) is 21.9 Å². The molecule has 0 radical (unpaired) electrons. The van der Waals surface area contributed by atoms with Crippen molar-refractivity contribution in [1.29, 1.82) is 0 Å². The number of sulfonamides is 1. The summed E-state index contributed by atoms with van der Waals surface area (Å²) in [6, 6.07) is 3.98. The number of alkyl halides is 3. The molecule has 232 valence electrons. The first-order chi connectivity index (χ1) is 17.9. The number of likely N-dealkylation sites (tertiary alicyclic amines) is 1. The van der Waals surface area contributed by atoms with Gasteiger partial charge in [-0.05, 0) is 31.4 Å². The highest BCUT2D eigenvalue weighted by molar-refractivity contribution is 7.91. The number of carbonyl (C=O) groups is 1. The first-order valence-corrected chi connectivity index (χ1v) is 13.8. The van der Waals surface area contributed by atoms with Gasteiger partial charge >= 0.3 is 6.18 Å². The van der Waals surface area contributed by atoms with Crippen molar-refractivity contribution < 1.29 is 45.5 Å². The van der Waals surface area contributed by atoms with Crippen LogP contribution in [0.3, 0.4) is 0 Å². The monoisotopic (exact) mass is 642 g/mol. The van der Waals surface area contributed by atoms with E-state index in [4.69, 9.17) is 9.47 Å². The molecule has 1 aromatic carbocycles. The summed E-state index contributed by atoms with van der Waals surface area (Å²) in [5.74, 6) is -1.51. The average molecular weight is 644 g/mol. The van der Waals surface area contributed by atoms with E-state index in [1.54, 1.807) is 12.0 Å². The van der Waals surface area contributed by atoms with Gasteiger partial charge < -0.3 is 19.3 Å². The quantitative estimate of drug-likeness (QED) is 0.164. The number of halogens is 6. The third-order valence-corrected chi connectivity index (χ3v) is 9.62. The molecule has 0 unspecified atom stereocenters. The number of nitrogens with one attached hydrogen (secondary N) is 1. The summed E-state index contributed by atoms with van der Waals surface area (Å²) < 4.78 is 88.5. The van der Waals surface area contributed by atoms with Crippen molar-refractivity contribution in [2.24, 2.45) is 0 Å². The normalized spacial score (nSPS) is 18.4. The van der Waals surface area contributed by atoms with Crippen LogP contribution < -0.4 is 15.1 Å². The Hall–Kier alpha value is -1.62. The molecule has 10 nitrogen and oxygen atoms in total. The predicted octanol–water partition coefficient (Wildman–Crippen LogP) is 2.83. The highest BCUT2D eigenvalue weighted by atomic mass is 35.5. The molecule has 2 aliphatic heterocycles. The molecule has 1 aromatic rings. The minimum atomic E-state index is -4.28. The maximum atomic E-state index is 14.8. The number of amides is 1. The van der Waals surface area contributed by atoms with Gasteiger partial charge in [0.05, 0.1) is 18.9 Å². The molecule has 2 N–H and O–H groups in total. The van der Waals surface area contributed by atoms with Crippen LogP contribution in [-0.2, 0) is 19.6 Å². The van der Waals surface area contributed by atoms with Crippen molar-refractivity contribution in [1.82, 2.24) is 14.7 Å². The molecule has 2 fully saturated rings. The second-order valence-electron chi connectivity index (χ2n) is 9.34. The van der Waals surface area contributed by atoms with Gasteiger partial charge in [-0.25, -0.2) is 18.3 Å². The van der Waals surface area contributed by atoms with E-state index in [9.17, 15) is 36.0 Å². The number of hydroxylamine groups is 1. The lowest BCUT2D eigenvalue weighted by Crippen LogP contribution is -2.63. The highest BCUT2D eigenvalue weighted by Gasteiger charge is 2.55. The van der Waals surface area contributed by atoms with Gasteiger partial charge in [0, 0.05) is 65.4 Å². The first kappa shape index (κ1) is 36.4. The Balaban J connectivity index is 0.00000400. The number of piperidine rings is 1. The fourth-order valence-electron chi connectivity index (χ4n) is 4.78. The zero-order chi connectivity index (χ0) is 28.0. The SMILES string of the molecule is COCCN1CCC(C(=O)NO)(S(=O)(=O)N2CCN(c3ccc(OCCCC(F)(F)F)cc3F)CC2)CC1.Cl.Cl. The van der Waals surface area contributed by atoms with Crippen LogP contribution in [0.5, 0.6) is 5.75 Å². The Kier molecular flexibility index (Phi) is 14.2. The zero-order valence-corrected chi connectivity index (χ0v) is 24.4. The number of anilines is 1. The second kappa shape index (κ2) is 15.6. The number of piperazine rings is 1. The lowest BCUT2D eigenvalue weighted by atomic mass is 9.95. The molecule has 2 saturated heterocycles. The molecule has 2 aliphatic rings. The van der Waals surface area contributed by atoms with E-state index in [2.05, 4.69) is 0 Å². The number of hydrogen-bond donors (Lipinski definition) is 2. The van der Waals surface area contributed by atoms with Crippen molar-refractivity contribution in [3.8, 4) is 5.75 Å². The van der Waals surface area contributed by atoms with Gasteiger partial charge in [0.25, 0.3) is 5.91 Å². The van der Waals surface area contributed by atoms with E-state index < -0.39 is 39.1 Å². The zero-order valence-electron chi connectivity index (χ0n) is 22.0. The van der Waals surface area contributed by atoms with E-state index in [1.807, 2.05) is 4.90 Å². The number of carbonyl (C=O) groups excluding carboxylic acids is 1. The molecular formula is C23H36Cl2F4N4O6S. The van der Waals surface area contributed by atoms with Crippen LogP contribution in [0.2, 0.25) is 0 Å². The van der Waals surface area contributed by atoms with Gasteiger partial charge in [-0.3, -0.25) is 10.0 Å². The summed E-state index contributed by atoms with van der Waals surface area (Å²) in [6.07, 6.45) is -5.51. The Morgan fingerprint density at radius 3 is 2.23 bits per heavy atom. The summed E-state index contributed by atoms with van der Waals surface area (Å²) in [5, 5.41) is 9.34. The van der Waals surface area contributed by atoms with Gasteiger partial charge in [-0.2, -0.15) is 17.5 Å². The molecule has 17 heteroatoms. The Bertz CT molecular complexity index is 1050. The van der Waals surface area contributed by atoms with Crippen LogP contribution in [0.4, 0.5) is 23.2 Å². The van der Waals surface area contributed by atoms with Gasteiger partial charge in [0.2, 0.25) is 10.0 Å². The third-order valence-electron chi connectivity index (χ3n) is 7.00. The fraction of sp³-hybridized carbons (Fsp3) is 0.696. The van der Waals surface area contributed by atoms with Crippen LogP contribution in [0.1, 0.15) is 25.7 Å². The van der Waals surface area contributed by atoms with E-state index in [0.717, 1.165) is 6.07 Å². The van der Waals surface area contributed by atoms with Crippen LogP contribution >= 0.6 is 24.8 Å². The summed E-state index contributed by atoms with van der Waals surface area (Å²) in [7, 11) is -2.60. The number of hydrogen-bond acceptors (Lipinski definition) is 8. The van der Waals surface area contributed by atoms with Gasteiger partial charge in [0.15, 0.2) is 4.75 Å². The van der Waals surface area contributed by atoms with E-state index in [0.29, 0.717) is 26.2 Å². The van der Waals surface area contributed by atoms with Gasteiger partial charge in [-0.1, -0.05) is 0 Å². The topological polar surface area (TPSA) is 112 Å². The van der Waals surface area contributed by atoms with E-state index >= 15 is 0 Å². The molecule has 1 amide bonds. The maximum absolute atomic E-state index is 14.8. The van der Waals surface area contributed by atoms with Crippen molar-refractivity contribution >= 4 is 46.4 Å². The number of ether oxygens (including phenoxy) is 2. The smallest absolute Gasteiger partial charge is 0.389 e. The minimum Gasteiger partial charge on any atom is -0.493 e. The summed E-state index contributed by atoms with van der Waals surface area (Å²) in [6.45, 7) is 1.85. The number of rotatable bonds is 11. The van der Waals surface area contributed by atoms with Crippen molar-refractivity contribution in [3.05, 3.63) is 24.0 Å². The van der Waals surface area contributed by atoms with Crippen molar-refractivity contribution in [3.63, 3.8) is 0 Å².